The number of carbonyl (C=O) groups excluding carboxylic acids is 1. The number of ketones is 1. The zero-order valence-electron chi connectivity index (χ0n) is 31.5. The van der Waals surface area contributed by atoms with Crippen molar-refractivity contribution in [3.05, 3.63) is 266 Å². The average Bonchev–Trinajstić information content (AvgIpc) is 3.29. The van der Waals surface area contributed by atoms with Gasteiger partial charge in [0.05, 0.1) is 0 Å². The Morgan fingerprint density at radius 3 is 0.649 bits per heavy atom. The molecule has 4 heteroatoms. The molecule has 0 atom stereocenters. The zero-order valence-corrected chi connectivity index (χ0v) is 34.9. The first-order valence-corrected chi connectivity index (χ1v) is 21.3. The molecule has 0 unspecified atom stereocenters. The van der Waals surface area contributed by atoms with Gasteiger partial charge in [0.2, 0.25) is 0 Å². The fourth-order valence-corrected chi connectivity index (χ4v) is 10.5. The topological polar surface area (TPSA) is 17.1 Å². The molecule has 0 aliphatic rings. The third kappa shape index (κ3) is 13.8. The Bertz CT molecular complexity index is 1980. The van der Waals surface area contributed by atoms with Gasteiger partial charge in [0.15, 0.2) is 5.78 Å². The molecule has 0 fully saturated rings. The Balaban J connectivity index is 0.000000162. The first kappa shape index (κ1) is 42.6. The second kappa shape index (κ2) is 24.2. The van der Waals surface area contributed by atoms with Gasteiger partial charge >= 0.3 is 0 Å². The molecule has 0 heterocycles. The van der Waals surface area contributed by atoms with Crippen LogP contribution >= 0.6 is 15.8 Å². The predicted octanol–water partition coefficient (Wildman–Crippen LogP) is 10.9. The first-order chi connectivity index (χ1) is 27.7. The van der Waals surface area contributed by atoms with Crippen molar-refractivity contribution in [2.24, 2.45) is 0 Å². The third-order valence-electron chi connectivity index (χ3n) is 8.57. The van der Waals surface area contributed by atoms with E-state index in [0.29, 0.717) is 0 Å². The molecule has 0 aliphatic heterocycles. The Kier molecular flexibility index (Phi) is 18.0. The molecule has 8 aromatic rings. The standard InChI is InChI=1S/2C18H15P.C17H14O.Pd/c2*1-4-10-16(11-5-1)19(17-12-6-2-7-13-17)18-14-8-3-9-15-18;18-17(13-11-15-7-3-1-4-8-15)14-12-16-9-5-2-6-10-16;/h2*1-15H;1-14H;/b;;13-11+,14-12+;. The van der Waals surface area contributed by atoms with Crippen molar-refractivity contribution in [3.63, 3.8) is 0 Å². The minimum absolute atomic E-state index is 0. The van der Waals surface area contributed by atoms with Crippen molar-refractivity contribution in [2.75, 3.05) is 0 Å². The van der Waals surface area contributed by atoms with Gasteiger partial charge in [-0.3, -0.25) is 4.79 Å². The molecule has 0 aromatic heterocycles. The molecule has 282 valence electrons. The van der Waals surface area contributed by atoms with Crippen molar-refractivity contribution in [2.45, 2.75) is 0 Å². The molecular formula is C53H44OP2Pd. The Labute approximate surface area is 354 Å². The largest absolute Gasteiger partial charge is 0.290 e. The van der Waals surface area contributed by atoms with Gasteiger partial charge in [-0.1, -0.05) is 255 Å². The Morgan fingerprint density at radius 1 is 0.281 bits per heavy atom. The van der Waals surface area contributed by atoms with Gasteiger partial charge in [0, 0.05) is 20.4 Å². The number of hydrogen-bond donors (Lipinski definition) is 0. The van der Waals surface area contributed by atoms with Crippen molar-refractivity contribution < 1.29 is 25.2 Å². The van der Waals surface area contributed by atoms with E-state index < -0.39 is 15.8 Å². The maximum atomic E-state index is 11.6. The monoisotopic (exact) mass is 864 g/mol. The van der Waals surface area contributed by atoms with Crippen LogP contribution in [0.5, 0.6) is 0 Å². The fourth-order valence-electron chi connectivity index (χ4n) is 5.90. The SMILES string of the molecule is O=C(/C=C/c1ccccc1)/C=C/c1ccccc1.[Pd].c1ccc(P(c2ccccc2)c2ccccc2)cc1.c1ccc(P(c2ccccc2)c2ccccc2)cc1. The van der Waals surface area contributed by atoms with Gasteiger partial charge in [-0.2, -0.15) is 0 Å². The van der Waals surface area contributed by atoms with E-state index in [2.05, 4.69) is 182 Å². The van der Waals surface area contributed by atoms with Gasteiger partial charge in [-0.05, 0) is 70.9 Å². The molecule has 0 spiro atoms. The van der Waals surface area contributed by atoms with Crippen LogP contribution in [0.25, 0.3) is 12.2 Å². The zero-order chi connectivity index (χ0) is 38.5. The van der Waals surface area contributed by atoms with Crippen molar-refractivity contribution in [1.29, 1.82) is 0 Å². The van der Waals surface area contributed by atoms with Gasteiger partial charge in [-0.25, -0.2) is 0 Å². The third-order valence-corrected chi connectivity index (χ3v) is 13.5. The summed E-state index contributed by atoms with van der Waals surface area (Å²) >= 11 is 0. The Hall–Kier alpha value is -5.57. The van der Waals surface area contributed by atoms with Crippen LogP contribution in [-0.2, 0) is 25.2 Å². The number of benzene rings is 8. The molecule has 0 saturated heterocycles. The number of allylic oxidation sites excluding steroid dienone is 2. The van der Waals surface area contributed by atoms with Crippen LogP contribution < -0.4 is 31.8 Å². The number of rotatable bonds is 10. The van der Waals surface area contributed by atoms with E-state index in [9.17, 15) is 4.79 Å². The summed E-state index contributed by atoms with van der Waals surface area (Å²) in [6, 6.07) is 84.2. The minimum atomic E-state index is -0.446. The first-order valence-electron chi connectivity index (χ1n) is 18.7. The predicted molar refractivity (Wildman–Crippen MR) is 246 cm³/mol. The molecule has 0 N–H and O–H groups in total. The molecule has 0 aliphatic carbocycles. The normalized spacial score (nSPS) is 10.6. The summed E-state index contributed by atoms with van der Waals surface area (Å²) in [7, 11) is -0.892. The molecule has 8 aromatic carbocycles. The van der Waals surface area contributed by atoms with E-state index in [0.717, 1.165) is 11.1 Å². The summed E-state index contributed by atoms with van der Waals surface area (Å²) in [6.45, 7) is 0. The number of hydrogen-bond acceptors (Lipinski definition) is 1. The van der Waals surface area contributed by atoms with E-state index in [1.54, 1.807) is 12.2 Å². The van der Waals surface area contributed by atoms with Gasteiger partial charge in [0.1, 0.15) is 0 Å². The summed E-state index contributed by atoms with van der Waals surface area (Å²) in [5, 5.41) is 8.39. The van der Waals surface area contributed by atoms with Gasteiger partial charge in [-0.15, -0.1) is 0 Å². The smallest absolute Gasteiger partial charge is 0.178 e. The second-order valence-corrected chi connectivity index (χ2v) is 17.0. The maximum Gasteiger partial charge on any atom is 0.178 e. The summed E-state index contributed by atoms with van der Waals surface area (Å²) in [6.07, 6.45) is 6.79. The van der Waals surface area contributed by atoms with Crippen LogP contribution in [0.2, 0.25) is 0 Å². The van der Waals surface area contributed by atoms with Crippen molar-refractivity contribution in [1.82, 2.24) is 0 Å². The van der Waals surface area contributed by atoms with Crippen LogP contribution in [0.3, 0.4) is 0 Å². The molecule has 1 nitrogen and oxygen atoms in total. The van der Waals surface area contributed by atoms with Crippen molar-refractivity contribution in [3.8, 4) is 0 Å². The van der Waals surface area contributed by atoms with Gasteiger partial charge < -0.3 is 0 Å². The molecule has 0 saturated carbocycles. The minimum Gasteiger partial charge on any atom is -0.290 e. The molecule has 8 rings (SSSR count). The van der Waals surface area contributed by atoms with Crippen molar-refractivity contribution >= 4 is 65.6 Å². The average molecular weight is 865 g/mol. The maximum absolute atomic E-state index is 11.6. The second-order valence-electron chi connectivity index (χ2n) is 12.6. The van der Waals surface area contributed by atoms with E-state index in [-0.39, 0.29) is 26.2 Å². The molecule has 0 radical (unpaired) electrons. The summed E-state index contributed by atoms with van der Waals surface area (Å²) in [5.41, 5.74) is 2.05. The molecule has 0 bridgehead atoms. The van der Waals surface area contributed by atoms with E-state index >= 15 is 0 Å². The van der Waals surface area contributed by atoms with Crippen LogP contribution in [0.15, 0.2) is 255 Å². The van der Waals surface area contributed by atoms with Crippen LogP contribution in [0.1, 0.15) is 11.1 Å². The fraction of sp³-hybridized carbons (Fsp3) is 0. The quantitative estimate of drug-likeness (QED) is 0.0761. The molecular weight excluding hydrogens is 821 g/mol. The molecule has 0 amide bonds. The van der Waals surface area contributed by atoms with Crippen LogP contribution in [-0.4, -0.2) is 5.78 Å². The summed E-state index contributed by atoms with van der Waals surface area (Å²) < 4.78 is 0. The van der Waals surface area contributed by atoms with Crippen LogP contribution in [0.4, 0.5) is 0 Å². The number of carbonyl (C=O) groups is 1. The van der Waals surface area contributed by atoms with E-state index in [4.69, 9.17) is 0 Å². The van der Waals surface area contributed by atoms with Gasteiger partial charge in [0.25, 0.3) is 0 Å². The summed E-state index contributed by atoms with van der Waals surface area (Å²) in [4.78, 5) is 11.6. The Morgan fingerprint density at radius 2 is 0.456 bits per heavy atom. The van der Waals surface area contributed by atoms with E-state index in [1.807, 2.05) is 72.8 Å². The van der Waals surface area contributed by atoms with E-state index in [1.165, 1.54) is 31.8 Å². The summed E-state index contributed by atoms with van der Waals surface area (Å²) in [5.74, 6) is -0.0114. The molecule has 57 heavy (non-hydrogen) atoms. The van der Waals surface area contributed by atoms with Crippen LogP contribution in [0, 0.1) is 0 Å².